The first kappa shape index (κ1) is 27.2. The molecular formula is C25H31Cl2N3O2S2. The topological polar surface area (TPSA) is 45.7 Å². The van der Waals surface area contributed by atoms with Gasteiger partial charge >= 0.3 is 0 Å². The van der Waals surface area contributed by atoms with Crippen molar-refractivity contribution < 1.29 is 9.53 Å². The van der Waals surface area contributed by atoms with Crippen LogP contribution in [0.4, 0.5) is 5.13 Å². The summed E-state index contributed by atoms with van der Waals surface area (Å²) in [5.74, 6) is 1.05. The van der Waals surface area contributed by atoms with Crippen LogP contribution in [0.3, 0.4) is 0 Å². The Morgan fingerprint density at radius 2 is 1.94 bits per heavy atom. The predicted octanol–water partition coefficient (Wildman–Crippen LogP) is 6.31. The van der Waals surface area contributed by atoms with Gasteiger partial charge in [-0.1, -0.05) is 29.0 Å². The summed E-state index contributed by atoms with van der Waals surface area (Å²) in [4.78, 5) is 23.6. The highest BCUT2D eigenvalue weighted by Gasteiger charge is 2.20. The average molecular weight is 541 g/mol. The van der Waals surface area contributed by atoms with E-state index in [2.05, 4.69) is 24.0 Å². The Hall–Kier alpha value is -1.35. The lowest BCUT2D eigenvalue weighted by Crippen LogP contribution is -2.39. The van der Waals surface area contributed by atoms with Gasteiger partial charge in [-0.25, -0.2) is 4.98 Å². The highest BCUT2D eigenvalue weighted by atomic mass is 35.5. The molecule has 5 nitrogen and oxygen atoms in total. The van der Waals surface area contributed by atoms with Crippen LogP contribution < -0.4 is 4.90 Å². The molecule has 1 saturated heterocycles. The number of carbonyl (C=O) groups excluding carboxylic acids is 1. The second kappa shape index (κ2) is 13.7. The van der Waals surface area contributed by atoms with Gasteiger partial charge in [-0.05, 0) is 67.5 Å². The van der Waals surface area contributed by atoms with Gasteiger partial charge in [-0.3, -0.25) is 14.6 Å². The number of morpholine rings is 1. The van der Waals surface area contributed by atoms with Crippen molar-refractivity contribution in [3.8, 4) is 0 Å². The smallest absolute Gasteiger partial charge is 0.228 e. The minimum absolute atomic E-state index is 0. The highest BCUT2D eigenvalue weighted by Crippen LogP contribution is 2.30. The lowest BCUT2D eigenvalue weighted by molar-refractivity contribution is -0.118. The average Bonchev–Trinajstić information content (AvgIpc) is 3.24. The number of amides is 1. The lowest BCUT2D eigenvalue weighted by Gasteiger charge is -2.27. The van der Waals surface area contributed by atoms with E-state index in [1.54, 1.807) is 23.1 Å². The van der Waals surface area contributed by atoms with Gasteiger partial charge in [0, 0.05) is 42.5 Å². The van der Waals surface area contributed by atoms with Crippen molar-refractivity contribution in [3.05, 3.63) is 53.1 Å². The Bertz CT molecular complexity index is 1060. The minimum Gasteiger partial charge on any atom is -0.379 e. The van der Waals surface area contributed by atoms with Crippen LogP contribution in [-0.4, -0.2) is 60.9 Å². The molecular weight excluding hydrogens is 509 g/mol. The first-order chi connectivity index (χ1) is 16.1. The van der Waals surface area contributed by atoms with E-state index in [9.17, 15) is 4.79 Å². The van der Waals surface area contributed by atoms with Crippen molar-refractivity contribution in [2.75, 3.05) is 50.0 Å². The lowest BCUT2D eigenvalue weighted by atomic mass is 10.2. The second-order valence-electron chi connectivity index (χ2n) is 8.23. The van der Waals surface area contributed by atoms with Crippen LogP contribution in [0.5, 0.6) is 0 Å². The van der Waals surface area contributed by atoms with Crippen molar-refractivity contribution in [2.24, 2.45) is 0 Å². The fourth-order valence-electron chi connectivity index (χ4n) is 3.82. The standard InChI is InChI=1S/C25H30ClN3O2S2.ClH/c1-19-5-10-22-23(18-19)33-25(27-22)29(12-3-11-28-13-15-31-16-14-28)24(30)4-2-17-32-21-8-6-20(26)7-9-21;/h5-10,18H,2-4,11-17H2,1H3;1H. The Balaban J connectivity index is 0.00000324. The molecule has 0 atom stereocenters. The normalized spacial score (nSPS) is 14.2. The van der Waals surface area contributed by atoms with Crippen LogP contribution in [0.1, 0.15) is 24.8 Å². The second-order valence-corrected chi connectivity index (χ2v) is 10.8. The first-order valence-electron chi connectivity index (χ1n) is 11.4. The van der Waals surface area contributed by atoms with E-state index in [-0.39, 0.29) is 18.3 Å². The van der Waals surface area contributed by atoms with Crippen LogP contribution in [0.25, 0.3) is 10.2 Å². The fourth-order valence-corrected chi connectivity index (χ4v) is 5.90. The molecule has 1 fully saturated rings. The first-order valence-corrected chi connectivity index (χ1v) is 13.6. The summed E-state index contributed by atoms with van der Waals surface area (Å²) in [6, 6.07) is 14.1. The highest BCUT2D eigenvalue weighted by molar-refractivity contribution is 7.99. The number of thioether (sulfide) groups is 1. The zero-order chi connectivity index (χ0) is 23.0. The number of hydrogen-bond acceptors (Lipinski definition) is 6. The van der Waals surface area contributed by atoms with Gasteiger partial charge in [0.1, 0.15) is 0 Å². The number of hydrogen-bond donors (Lipinski definition) is 0. The summed E-state index contributed by atoms with van der Waals surface area (Å²) in [7, 11) is 0. The maximum absolute atomic E-state index is 13.3. The summed E-state index contributed by atoms with van der Waals surface area (Å²) in [5.41, 5.74) is 2.17. The third-order valence-corrected chi connectivity index (χ3v) is 8.03. The van der Waals surface area contributed by atoms with E-state index >= 15 is 0 Å². The summed E-state index contributed by atoms with van der Waals surface area (Å²) in [5, 5.41) is 1.56. The number of rotatable bonds is 10. The molecule has 1 aliphatic heterocycles. The number of nitrogens with zero attached hydrogens (tertiary/aromatic N) is 3. The number of halogens is 2. The Labute approximate surface area is 221 Å². The molecule has 4 rings (SSSR count). The molecule has 0 saturated carbocycles. The van der Waals surface area contributed by atoms with Gasteiger partial charge in [0.15, 0.2) is 5.13 Å². The quantitative estimate of drug-likeness (QED) is 0.223. The van der Waals surface area contributed by atoms with Crippen molar-refractivity contribution in [2.45, 2.75) is 31.1 Å². The van der Waals surface area contributed by atoms with E-state index in [0.29, 0.717) is 13.0 Å². The summed E-state index contributed by atoms with van der Waals surface area (Å²) in [6.07, 6.45) is 2.28. The number of benzene rings is 2. The number of aromatic nitrogens is 1. The number of carbonyl (C=O) groups is 1. The van der Waals surface area contributed by atoms with Crippen molar-refractivity contribution in [3.63, 3.8) is 0 Å². The van der Waals surface area contributed by atoms with Crippen molar-refractivity contribution >= 4 is 68.4 Å². The van der Waals surface area contributed by atoms with E-state index < -0.39 is 0 Å². The molecule has 0 N–H and O–H groups in total. The monoisotopic (exact) mass is 539 g/mol. The molecule has 3 aromatic rings. The molecule has 0 radical (unpaired) electrons. The molecule has 1 aromatic heterocycles. The molecule has 1 aliphatic rings. The molecule has 0 aliphatic carbocycles. The van der Waals surface area contributed by atoms with Gasteiger partial charge in [0.2, 0.25) is 5.91 Å². The number of aryl methyl sites for hydroxylation is 1. The Kier molecular flexibility index (Phi) is 10.9. The molecule has 0 spiro atoms. The zero-order valence-electron chi connectivity index (χ0n) is 19.4. The SMILES string of the molecule is Cc1ccc2nc(N(CCCN3CCOCC3)C(=O)CCCSc3ccc(Cl)cc3)sc2c1.Cl. The van der Waals surface area contributed by atoms with Crippen LogP contribution in [0, 0.1) is 6.92 Å². The number of thiazole rings is 1. The van der Waals surface area contributed by atoms with E-state index in [1.807, 2.05) is 35.2 Å². The van der Waals surface area contributed by atoms with Crippen LogP contribution in [0.2, 0.25) is 5.02 Å². The van der Waals surface area contributed by atoms with Crippen LogP contribution >= 0.6 is 47.1 Å². The van der Waals surface area contributed by atoms with E-state index in [4.69, 9.17) is 21.3 Å². The van der Waals surface area contributed by atoms with Gasteiger partial charge in [0.05, 0.1) is 23.4 Å². The Morgan fingerprint density at radius 3 is 2.71 bits per heavy atom. The molecule has 0 bridgehead atoms. The van der Waals surface area contributed by atoms with Crippen molar-refractivity contribution in [1.29, 1.82) is 0 Å². The molecule has 1 amide bonds. The maximum Gasteiger partial charge on any atom is 0.228 e. The maximum atomic E-state index is 13.3. The van der Waals surface area contributed by atoms with E-state index in [0.717, 1.165) is 71.8 Å². The van der Waals surface area contributed by atoms with Crippen molar-refractivity contribution in [1.82, 2.24) is 9.88 Å². The zero-order valence-corrected chi connectivity index (χ0v) is 22.6. The number of fused-ring (bicyclic) bond motifs is 1. The molecule has 9 heteroatoms. The van der Waals surface area contributed by atoms with E-state index in [1.165, 1.54) is 10.5 Å². The number of anilines is 1. The molecule has 2 heterocycles. The predicted molar refractivity (Wildman–Crippen MR) is 147 cm³/mol. The molecule has 2 aromatic carbocycles. The molecule has 34 heavy (non-hydrogen) atoms. The summed E-state index contributed by atoms with van der Waals surface area (Å²) in [6.45, 7) is 7.29. The Morgan fingerprint density at radius 1 is 1.18 bits per heavy atom. The molecule has 0 unspecified atom stereocenters. The minimum atomic E-state index is 0. The van der Waals surface area contributed by atoms with Gasteiger partial charge < -0.3 is 4.74 Å². The van der Waals surface area contributed by atoms with Gasteiger partial charge in [-0.15, -0.1) is 24.2 Å². The van der Waals surface area contributed by atoms with Gasteiger partial charge in [0.25, 0.3) is 0 Å². The third kappa shape index (κ3) is 7.83. The summed E-state index contributed by atoms with van der Waals surface area (Å²) >= 11 is 9.34. The number of ether oxygens (including phenoxy) is 1. The largest absolute Gasteiger partial charge is 0.379 e. The van der Waals surface area contributed by atoms with Crippen LogP contribution in [0.15, 0.2) is 47.4 Å². The van der Waals surface area contributed by atoms with Crippen LogP contribution in [-0.2, 0) is 9.53 Å². The molecule has 184 valence electrons. The fraction of sp³-hybridized carbons (Fsp3) is 0.440. The summed E-state index contributed by atoms with van der Waals surface area (Å²) < 4.78 is 6.58. The third-order valence-electron chi connectivity index (χ3n) is 5.64. The van der Waals surface area contributed by atoms with Gasteiger partial charge in [-0.2, -0.15) is 0 Å².